The predicted molar refractivity (Wildman–Crippen MR) is 78.8 cm³/mol. The number of carbonyl (C=O) groups excluding carboxylic acids is 1. The molecule has 1 aliphatic rings. The second-order valence-electron chi connectivity index (χ2n) is 5.31. The van der Waals surface area contributed by atoms with Gasteiger partial charge in [-0.3, -0.25) is 4.79 Å². The molecule has 0 radical (unpaired) electrons. The number of likely N-dealkylation sites (N-methyl/N-ethyl adjacent to an activating group) is 1. The molecule has 1 aromatic rings. The van der Waals surface area contributed by atoms with Gasteiger partial charge in [0.05, 0.1) is 6.10 Å². The van der Waals surface area contributed by atoms with Crippen LogP contribution in [-0.2, 0) is 11.2 Å². The quantitative estimate of drug-likeness (QED) is 0.873. The highest BCUT2D eigenvalue weighted by atomic mass is 79.9. The zero-order valence-corrected chi connectivity index (χ0v) is 12.8. The number of aliphatic hydroxyl groups is 1. The smallest absolute Gasteiger partial charge is 0.222 e. The van der Waals surface area contributed by atoms with Gasteiger partial charge in [-0.1, -0.05) is 28.1 Å². The van der Waals surface area contributed by atoms with Gasteiger partial charge in [0.15, 0.2) is 0 Å². The van der Waals surface area contributed by atoms with E-state index < -0.39 is 0 Å². The van der Waals surface area contributed by atoms with Crippen LogP contribution in [0.4, 0.5) is 0 Å². The first-order chi connectivity index (χ1) is 9.06. The number of hydrogen-bond acceptors (Lipinski definition) is 2. The van der Waals surface area contributed by atoms with Crippen molar-refractivity contribution >= 4 is 21.8 Å². The van der Waals surface area contributed by atoms with E-state index in [1.165, 1.54) is 0 Å². The Kier molecular flexibility index (Phi) is 4.99. The molecule has 0 saturated heterocycles. The lowest BCUT2D eigenvalue weighted by molar-refractivity contribution is -0.131. The fourth-order valence-corrected chi connectivity index (χ4v) is 2.37. The van der Waals surface area contributed by atoms with Crippen LogP contribution >= 0.6 is 15.9 Å². The van der Waals surface area contributed by atoms with Gasteiger partial charge in [0.2, 0.25) is 5.91 Å². The van der Waals surface area contributed by atoms with Crippen molar-refractivity contribution < 1.29 is 9.90 Å². The van der Waals surface area contributed by atoms with Gasteiger partial charge in [0.25, 0.3) is 0 Å². The molecule has 1 fully saturated rings. The zero-order chi connectivity index (χ0) is 13.8. The Labute approximate surface area is 122 Å². The molecule has 1 N–H and O–H groups in total. The van der Waals surface area contributed by atoms with E-state index in [0.717, 1.165) is 29.3 Å². The Morgan fingerprint density at radius 2 is 2.05 bits per heavy atom. The van der Waals surface area contributed by atoms with E-state index in [0.29, 0.717) is 18.9 Å². The minimum atomic E-state index is -0.346. The van der Waals surface area contributed by atoms with E-state index in [9.17, 15) is 9.90 Å². The molecule has 1 unspecified atom stereocenters. The van der Waals surface area contributed by atoms with Crippen molar-refractivity contribution in [3.8, 4) is 0 Å². The van der Waals surface area contributed by atoms with Crippen LogP contribution in [0.3, 0.4) is 0 Å². The summed E-state index contributed by atoms with van der Waals surface area (Å²) in [5, 5.41) is 9.82. The number of hydrogen-bond donors (Lipinski definition) is 1. The predicted octanol–water partition coefficient (Wildman–Crippen LogP) is 2.61. The monoisotopic (exact) mass is 325 g/mol. The highest BCUT2D eigenvalue weighted by Gasteiger charge is 2.30. The maximum Gasteiger partial charge on any atom is 0.222 e. The lowest BCUT2D eigenvalue weighted by Crippen LogP contribution is -2.35. The lowest BCUT2D eigenvalue weighted by atomic mass is 10.1. The molecule has 4 heteroatoms. The van der Waals surface area contributed by atoms with Crippen molar-refractivity contribution in [3.63, 3.8) is 0 Å². The number of halogens is 1. The minimum absolute atomic E-state index is 0.0996. The molecule has 3 nitrogen and oxygen atoms in total. The van der Waals surface area contributed by atoms with Crippen molar-refractivity contribution in [2.24, 2.45) is 5.92 Å². The summed E-state index contributed by atoms with van der Waals surface area (Å²) in [7, 11) is 1.77. The van der Waals surface area contributed by atoms with Gasteiger partial charge < -0.3 is 10.0 Å². The van der Waals surface area contributed by atoms with Crippen molar-refractivity contribution in [2.45, 2.75) is 31.8 Å². The van der Waals surface area contributed by atoms with Crippen molar-refractivity contribution in [3.05, 3.63) is 34.3 Å². The van der Waals surface area contributed by atoms with Crippen LogP contribution in [0.1, 0.15) is 24.8 Å². The molecule has 0 heterocycles. The summed E-state index contributed by atoms with van der Waals surface area (Å²) in [6, 6.07) is 8.02. The molecule has 0 aromatic heterocycles. The number of aryl methyl sites for hydroxylation is 1. The molecule has 1 aromatic carbocycles. The summed E-state index contributed by atoms with van der Waals surface area (Å²) >= 11 is 3.39. The molecule has 1 aliphatic carbocycles. The lowest BCUT2D eigenvalue weighted by Gasteiger charge is -2.20. The maximum atomic E-state index is 12.0. The third-order valence-corrected chi connectivity index (χ3v) is 4.12. The first-order valence-corrected chi connectivity index (χ1v) is 7.52. The van der Waals surface area contributed by atoms with Crippen LogP contribution in [0, 0.1) is 5.92 Å². The van der Waals surface area contributed by atoms with Crippen LogP contribution in [0.15, 0.2) is 28.7 Å². The third-order valence-electron chi connectivity index (χ3n) is 3.59. The Morgan fingerprint density at radius 3 is 2.63 bits per heavy atom. The standard InChI is InChI=1S/C15H20BrNO2/c1-17(10-14(18)12-5-6-12)15(19)9-4-11-2-7-13(16)8-3-11/h2-3,7-8,12,14,18H,4-6,9-10H2,1H3. The summed E-state index contributed by atoms with van der Waals surface area (Å²) in [6.07, 6.45) is 3.09. The fraction of sp³-hybridized carbons (Fsp3) is 0.533. The summed E-state index contributed by atoms with van der Waals surface area (Å²) in [6.45, 7) is 0.462. The molecule has 2 rings (SSSR count). The molecule has 19 heavy (non-hydrogen) atoms. The second kappa shape index (κ2) is 6.53. The van der Waals surface area contributed by atoms with E-state index in [1.807, 2.05) is 24.3 Å². The first-order valence-electron chi connectivity index (χ1n) is 6.72. The normalized spacial score (nSPS) is 16.2. The largest absolute Gasteiger partial charge is 0.391 e. The average molecular weight is 326 g/mol. The summed E-state index contributed by atoms with van der Waals surface area (Å²) < 4.78 is 1.05. The van der Waals surface area contributed by atoms with E-state index in [1.54, 1.807) is 11.9 Å². The molecule has 0 bridgehead atoms. The average Bonchev–Trinajstić information content (AvgIpc) is 3.21. The van der Waals surface area contributed by atoms with Gasteiger partial charge >= 0.3 is 0 Å². The van der Waals surface area contributed by atoms with Crippen LogP contribution in [0.5, 0.6) is 0 Å². The second-order valence-corrected chi connectivity index (χ2v) is 6.22. The van der Waals surface area contributed by atoms with E-state index in [2.05, 4.69) is 15.9 Å². The van der Waals surface area contributed by atoms with Gasteiger partial charge in [-0.05, 0) is 42.9 Å². The maximum absolute atomic E-state index is 12.0. The Morgan fingerprint density at radius 1 is 1.42 bits per heavy atom. The molecule has 0 spiro atoms. The Balaban J connectivity index is 1.75. The third kappa shape index (κ3) is 4.62. The molecule has 0 aliphatic heterocycles. The molecular formula is C15H20BrNO2. The first kappa shape index (κ1) is 14.5. The van der Waals surface area contributed by atoms with Crippen LogP contribution in [-0.4, -0.2) is 35.6 Å². The molecule has 1 amide bonds. The molecule has 1 atom stereocenters. The highest BCUT2D eigenvalue weighted by molar-refractivity contribution is 9.10. The molecular weight excluding hydrogens is 306 g/mol. The van der Waals surface area contributed by atoms with Crippen molar-refractivity contribution in [1.82, 2.24) is 4.90 Å². The van der Waals surface area contributed by atoms with Crippen LogP contribution in [0.25, 0.3) is 0 Å². The topological polar surface area (TPSA) is 40.5 Å². The molecule has 104 valence electrons. The van der Waals surface area contributed by atoms with Crippen LogP contribution in [0.2, 0.25) is 0 Å². The fourth-order valence-electron chi connectivity index (χ4n) is 2.11. The number of amides is 1. The van der Waals surface area contributed by atoms with Gasteiger partial charge in [-0.15, -0.1) is 0 Å². The number of benzene rings is 1. The van der Waals surface area contributed by atoms with Gasteiger partial charge in [-0.2, -0.15) is 0 Å². The van der Waals surface area contributed by atoms with E-state index in [4.69, 9.17) is 0 Å². The zero-order valence-electron chi connectivity index (χ0n) is 11.2. The highest BCUT2D eigenvalue weighted by Crippen LogP contribution is 2.32. The van der Waals surface area contributed by atoms with E-state index >= 15 is 0 Å². The van der Waals surface area contributed by atoms with Crippen molar-refractivity contribution in [1.29, 1.82) is 0 Å². The number of aliphatic hydroxyl groups excluding tert-OH is 1. The van der Waals surface area contributed by atoms with Gasteiger partial charge in [0, 0.05) is 24.5 Å². The number of rotatable bonds is 6. The Hall–Kier alpha value is -0.870. The van der Waals surface area contributed by atoms with Crippen molar-refractivity contribution in [2.75, 3.05) is 13.6 Å². The van der Waals surface area contributed by atoms with Gasteiger partial charge in [0.1, 0.15) is 0 Å². The SMILES string of the molecule is CN(CC(O)C1CC1)C(=O)CCc1ccc(Br)cc1. The summed E-state index contributed by atoms with van der Waals surface area (Å²) in [5.41, 5.74) is 1.16. The summed E-state index contributed by atoms with van der Waals surface area (Å²) in [5.74, 6) is 0.518. The van der Waals surface area contributed by atoms with Gasteiger partial charge in [-0.25, -0.2) is 0 Å². The van der Waals surface area contributed by atoms with E-state index in [-0.39, 0.29) is 12.0 Å². The minimum Gasteiger partial charge on any atom is -0.391 e. The van der Waals surface area contributed by atoms with Crippen LogP contribution < -0.4 is 0 Å². The molecule has 1 saturated carbocycles. The Bertz CT molecular complexity index is 428. The number of nitrogens with zero attached hydrogens (tertiary/aromatic N) is 1. The summed E-state index contributed by atoms with van der Waals surface area (Å²) in [4.78, 5) is 13.6. The number of carbonyl (C=O) groups is 1.